The Morgan fingerprint density at radius 1 is 1.20 bits per heavy atom. The van der Waals surface area contributed by atoms with Crippen molar-refractivity contribution in [1.29, 1.82) is 0 Å². The zero-order valence-corrected chi connectivity index (χ0v) is 10.3. The molecule has 0 bridgehead atoms. The standard InChI is InChI=1S/C12H23NO2/c1-9-5-7-10(8-6-9)13-11(14)15-12(2,3)4/h9-10H,5-8H2,1-4H3,(H,13,14)/t9-,10+. The largest absolute Gasteiger partial charge is 0.444 e. The molecule has 0 aliphatic heterocycles. The molecule has 0 saturated heterocycles. The molecule has 1 aliphatic rings. The Morgan fingerprint density at radius 3 is 2.20 bits per heavy atom. The molecule has 0 atom stereocenters. The van der Waals surface area contributed by atoms with Gasteiger partial charge in [-0.15, -0.1) is 0 Å². The Kier molecular flexibility index (Phi) is 4.00. The van der Waals surface area contributed by atoms with Gasteiger partial charge in [-0.2, -0.15) is 0 Å². The van der Waals surface area contributed by atoms with Crippen molar-refractivity contribution in [2.45, 2.75) is 65.0 Å². The topological polar surface area (TPSA) is 38.3 Å². The van der Waals surface area contributed by atoms with Gasteiger partial charge in [0.05, 0.1) is 0 Å². The molecule has 1 rings (SSSR count). The summed E-state index contributed by atoms with van der Waals surface area (Å²) < 4.78 is 5.22. The van der Waals surface area contributed by atoms with Gasteiger partial charge in [-0.3, -0.25) is 0 Å². The van der Waals surface area contributed by atoms with Gasteiger partial charge >= 0.3 is 6.09 Å². The van der Waals surface area contributed by atoms with E-state index in [0.29, 0.717) is 6.04 Å². The van der Waals surface area contributed by atoms with Crippen molar-refractivity contribution in [2.24, 2.45) is 5.92 Å². The van der Waals surface area contributed by atoms with Gasteiger partial charge in [0.15, 0.2) is 0 Å². The van der Waals surface area contributed by atoms with E-state index in [1.54, 1.807) is 0 Å². The summed E-state index contributed by atoms with van der Waals surface area (Å²) in [6.45, 7) is 7.92. The maximum absolute atomic E-state index is 11.5. The molecule has 88 valence electrons. The van der Waals surface area contributed by atoms with Crippen LogP contribution in [0.25, 0.3) is 0 Å². The van der Waals surface area contributed by atoms with Crippen molar-refractivity contribution < 1.29 is 9.53 Å². The Balaban J connectivity index is 2.27. The smallest absolute Gasteiger partial charge is 0.407 e. The first-order valence-electron chi connectivity index (χ1n) is 5.86. The lowest BCUT2D eigenvalue weighted by Gasteiger charge is -2.28. The number of carbonyl (C=O) groups excluding carboxylic acids is 1. The fraction of sp³-hybridized carbons (Fsp3) is 0.917. The third-order valence-corrected chi connectivity index (χ3v) is 2.74. The highest BCUT2D eigenvalue weighted by molar-refractivity contribution is 5.68. The average molecular weight is 213 g/mol. The summed E-state index contributed by atoms with van der Waals surface area (Å²) in [5, 5.41) is 2.93. The molecule has 3 nitrogen and oxygen atoms in total. The third-order valence-electron chi connectivity index (χ3n) is 2.74. The summed E-state index contributed by atoms with van der Waals surface area (Å²) in [4.78, 5) is 11.5. The van der Waals surface area contributed by atoms with E-state index in [0.717, 1.165) is 18.8 Å². The predicted octanol–water partition coefficient (Wildman–Crippen LogP) is 3.09. The Hall–Kier alpha value is -0.730. The lowest BCUT2D eigenvalue weighted by atomic mass is 9.87. The van der Waals surface area contributed by atoms with E-state index in [-0.39, 0.29) is 6.09 Å². The SMILES string of the molecule is CC(C)(C)OC(=O)N[C@H]1CC[C@@H](C)CC1. The van der Waals surface area contributed by atoms with E-state index >= 15 is 0 Å². The van der Waals surface area contributed by atoms with Crippen LogP contribution >= 0.6 is 0 Å². The van der Waals surface area contributed by atoms with Gasteiger partial charge in [0.1, 0.15) is 5.60 Å². The lowest BCUT2D eigenvalue weighted by molar-refractivity contribution is 0.0488. The first kappa shape index (κ1) is 12.3. The van der Waals surface area contributed by atoms with Crippen molar-refractivity contribution >= 4 is 6.09 Å². The summed E-state index contributed by atoms with van der Waals surface area (Å²) in [7, 11) is 0. The van der Waals surface area contributed by atoms with Crippen LogP contribution in [0.2, 0.25) is 0 Å². The first-order valence-corrected chi connectivity index (χ1v) is 5.86. The summed E-state index contributed by atoms with van der Waals surface area (Å²) in [5.74, 6) is 0.807. The van der Waals surface area contributed by atoms with Crippen LogP contribution in [0.3, 0.4) is 0 Å². The molecule has 0 radical (unpaired) electrons. The number of nitrogens with one attached hydrogen (secondary N) is 1. The number of hydrogen-bond donors (Lipinski definition) is 1. The van der Waals surface area contributed by atoms with Crippen molar-refractivity contribution in [3.63, 3.8) is 0 Å². The normalized spacial score (nSPS) is 27.2. The Labute approximate surface area is 92.6 Å². The van der Waals surface area contributed by atoms with E-state index in [1.807, 2.05) is 20.8 Å². The Morgan fingerprint density at radius 2 is 1.73 bits per heavy atom. The van der Waals surface area contributed by atoms with Crippen LogP contribution < -0.4 is 5.32 Å². The second-order valence-corrected chi connectivity index (χ2v) is 5.60. The molecule has 0 aromatic heterocycles. The van der Waals surface area contributed by atoms with Gasteiger partial charge in [-0.25, -0.2) is 4.79 Å². The minimum atomic E-state index is -0.397. The Bertz CT molecular complexity index is 212. The summed E-state index contributed by atoms with van der Waals surface area (Å²) in [6, 6.07) is 0.316. The minimum Gasteiger partial charge on any atom is -0.444 e. The molecular weight excluding hydrogens is 190 g/mol. The average Bonchev–Trinajstić information content (AvgIpc) is 2.05. The molecular formula is C12H23NO2. The third kappa shape index (κ3) is 5.05. The van der Waals surface area contributed by atoms with Crippen molar-refractivity contribution in [3.8, 4) is 0 Å². The molecule has 1 amide bonds. The molecule has 0 unspecified atom stereocenters. The van der Waals surface area contributed by atoms with Gasteiger partial charge in [0.2, 0.25) is 0 Å². The van der Waals surface area contributed by atoms with Crippen molar-refractivity contribution in [3.05, 3.63) is 0 Å². The molecule has 0 spiro atoms. The maximum atomic E-state index is 11.5. The molecule has 0 aromatic carbocycles. The van der Waals surface area contributed by atoms with Crippen LogP contribution in [0.4, 0.5) is 4.79 Å². The highest BCUT2D eigenvalue weighted by Gasteiger charge is 2.22. The lowest BCUT2D eigenvalue weighted by Crippen LogP contribution is -2.40. The molecule has 3 heteroatoms. The molecule has 1 saturated carbocycles. The van der Waals surface area contributed by atoms with E-state index < -0.39 is 5.60 Å². The molecule has 15 heavy (non-hydrogen) atoms. The summed E-state index contributed by atoms with van der Waals surface area (Å²) in [6.07, 6.45) is 4.31. The molecule has 1 aliphatic carbocycles. The predicted molar refractivity (Wildman–Crippen MR) is 60.8 cm³/mol. The highest BCUT2D eigenvalue weighted by atomic mass is 16.6. The fourth-order valence-corrected chi connectivity index (χ4v) is 1.88. The number of hydrogen-bond acceptors (Lipinski definition) is 2. The van der Waals surface area contributed by atoms with E-state index in [9.17, 15) is 4.79 Å². The molecule has 1 fully saturated rings. The van der Waals surface area contributed by atoms with Gasteiger partial charge < -0.3 is 10.1 Å². The van der Waals surface area contributed by atoms with Crippen LogP contribution in [0.15, 0.2) is 0 Å². The van der Waals surface area contributed by atoms with Gasteiger partial charge in [0, 0.05) is 6.04 Å². The van der Waals surface area contributed by atoms with Crippen LogP contribution in [0, 0.1) is 5.92 Å². The van der Waals surface area contributed by atoms with Gasteiger partial charge in [-0.1, -0.05) is 6.92 Å². The number of carbonyl (C=O) groups is 1. The highest BCUT2D eigenvalue weighted by Crippen LogP contribution is 2.23. The molecule has 0 aromatic rings. The zero-order chi connectivity index (χ0) is 11.5. The number of rotatable bonds is 1. The summed E-state index contributed by atoms with van der Waals surface area (Å²) in [5.41, 5.74) is -0.397. The minimum absolute atomic E-state index is 0.276. The van der Waals surface area contributed by atoms with Crippen molar-refractivity contribution in [2.75, 3.05) is 0 Å². The second kappa shape index (κ2) is 4.86. The van der Waals surface area contributed by atoms with Crippen molar-refractivity contribution in [1.82, 2.24) is 5.32 Å². The quantitative estimate of drug-likeness (QED) is 0.727. The van der Waals surface area contributed by atoms with Crippen LogP contribution in [-0.2, 0) is 4.74 Å². The van der Waals surface area contributed by atoms with Crippen LogP contribution in [0.5, 0.6) is 0 Å². The van der Waals surface area contributed by atoms with Gasteiger partial charge in [-0.05, 0) is 52.4 Å². The van der Waals surface area contributed by atoms with E-state index in [2.05, 4.69) is 12.2 Å². The number of alkyl carbamates (subject to hydrolysis) is 1. The van der Waals surface area contributed by atoms with Gasteiger partial charge in [0.25, 0.3) is 0 Å². The first-order chi connectivity index (χ1) is 6.87. The molecule has 0 heterocycles. The second-order valence-electron chi connectivity index (χ2n) is 5.60. The van der Waals surface area contributed by atoms with E-state index in [1.165, 1.54) is 12.8 Å². The zero-order valence-electron chi connectivity index (χ0n) is 10.3. The summed E-state index contributed by atoms with van der Waals surface area (Å²) >= 11 is 0. The number of amides is 1. The monoisotopic (exact) mass is 213 g/mol. The maximum Gasteiger partial charge on any atom is 0.407 e. The van der Waals surface area contributed by atoms with E-state index in [4.69, 9.17) is 4.74 Å². The number of ether oxygens (including phenoxy) is 1. The van der Waals surface area contributed by atoms with Crippen LogP contribution in [-0.4, -0.2) is 17.7 Å². The fourth-order valence-electron chi connectivity index (χ4n) is 1.88. The molecule has 1 N–H and O–H groups in total. The van der Waals surface area contributed by atoms with Crippen LogP contribution in [0.1, 0.15) is 53.4 Å².